The van der Waals surface area contributed by atoms with Crippen LogP contribution in [0.2, 0.25) is 0 Å². The molecule has 0 saturated heterocycles. The quantitative estimate of drug-likeness (QED) is 0.716. The zero-order valence-electron chi connectivity index (χ0n) is 11.4. The van der Waals surface area contributed by atoms with Gasteiger partial charge in [0.05, 0.1) is 5.75 Å². The van der Waals surface area contributed by atoms with Crippen LogP contribution in [-0.2, 0) is 14.6 Å². The third kappa shape index (κ3) is 7.33. The van der Waals surface area contributed by atoms with E-state index in [2.05, 4.69) is 5.32 Å². The van der Waals surface area contributed by atoms with Crippen LogP contribution in [0.15, 0.2) is 0 Å². The monoisotopic (exact) mass is 264 g/mol. The molecule has 0 aliphatic heterocycles. The number of hydrogen-bond acceptors (Lipinski definition) is 4. The fourth-order valence-electron chi connectivity index (χ4n) is 1.06. The fourth-order valence-corrected chi connectivity index (χ4v) is 2.25. The zero-order chi connectivity index (χ0) is 13.7. The molecule has 5 nitrogen and oxygen atoms in total. The van der Waals surface area contributed by atoms with E-state index in [0.29, 0.717) is 6.54 Å². The van der Waals surface area contributed by atoms with Gasteiger partial charge in [-0.3, -0.25) is 4.79 Å². The first-order valence-corrected chi connectivity index (χ1v) is 7.57. The van der Waals surface area contributed by atoms with E-state index < -0.39 is 15.6 Å². The van der Waals surface area contributed by atoms with Crippen molar-refractivity contribution in [1.29, 1.82) is 0 Å². The highest BCUT2D eigenvalue weighted by atomic mass is 32.2. The molecule has 0 aliphatic rings. The molecule has 6 heteroatoms. The van der Waals surface area contributed by atoms with Crippen molar-refractivity contribution < 1.29 is 13.2 Å². The van der Waals surface area contributed by atoms with Crippen molar-refractivity contribution in [2.45, 2.75) is 32.7 Å². The molecular formula is C11H24N2O3S. The smallest absolute Gasteiger partial charge is 0.237 e. The summed E-state index contributed by atoms with van der Waals surface area (Å²) >= 11 is 0. The summed E-state index contributed by atoms with van der Waals surface area (Å²) in [5, 5.41) is 3.16. The van der Waals surface area contributed by atoms with Crippen LogP contribution in [0.5, 0.6) is 0 Å². The second kappa shape index (κ2) is 6.35. The Morgan fingerprint density at radius 3 is 2.24 bits per heavy atom. The molecule has 1 N–H and O–H groups in total. The van der Waals surface area contributed by atoms with Gasteiger partial charge in [0, 0.05) is 26.2 Å². The Hall–Kier alpha value is -0.620. The Bertz CT molecular complexity index is 348. The molecule has 0 radical (unpaired) electrons. The molecule has 0 rings (SSSR count). The van der Waals surface area contributed by atoms with Crippen molar-refractivity contribution in [1.82, 2.24) is 10.2 Å². The van der Waals surface area contributed by atoms with E-state index >= 15 is 0 Å². The number of nitrogens with zero attached hydrogens (tertiary/aromatic N) is 1. The van der Waals surface area contributed by atoms with Gasteiger partial charge in [0.25, 0.3) is 0 Å². The number of sulfone groups is 1. The van der Waals surface area contributed by atoms with Gasteiger partial charge in [-0.15, -0.1) is 0 Å². The summed E-state index contributed by atoms with van der Waals surface area (Å²) in [6.45, 7) is 6.45. The number of carbonyl (C=O) groups excluding carboxylic acids is 1. The molecule has 17 heavy (non-hydrogen) atoms. The van der Waals surface area contributed by atoms with Crippen LogP contribution in [0.3, 0.4) is 0 Å². The molecule has 0 fully saturated rings. The van der Waals surface area contributed by atoms with E-state index in [-0.39, 0.29) is 17.2 Å². The summed E-state index contributed by atoms with van der Waals surface area (Å²) in [6.07, 6.45) is 0.920. The van der Waals surface area contributed by atoms with Crippen molar-refractivity contribution in [3.05, 3.63) is 0 Å². The summed E-state index contributed by atoms with van der Waals surface area (Å²) in [7, 11) is -0.206. The first-order valence-electron chi connectivity index (χ1n) is 5.75. The van der Waals surface area contributed by atoms with Gasteiger partial charge in [-0.05, 0) is 20.3 Å². The summed E-state index contributed by atoms with van der Waals surface area (Å²) in [5.41, 5.74) is -0.0684. The molecule has 102 valence electrons. The Balaban J connectivity index is 4.17. The summed E-state index contributed by atoms with van der Waals surface area (Å²) in [5.74, 6) is -0.788. The zero-order valence-corrected chi connectivity index (χ0v) is 12.2. The minimum atomic E-state index is -3.31. The van der Waals surface area contributed by atoms with Crippen molar-refractivity contribution in [3.63, 3.8) is 0 Å². The van der Waals surface area contributed by atoms with E-state index in [9.17, 15) is 13.2 Å². The summed E-state index contributed by atoms with van der Waals surface area (Å²) < 4.78 is 23.3. The van der Waals surface area contributed by atoms with Crippen molar-refractivity contribution in [2.75, 3.05) is 32.1 Å². The van der Waals surface area contributed by atoms with Gasteiger partial charge in [-0.2, -0.15) is 0 Å². The predicted molar refractivity (Wildman–Crippen MR) is 69.7 cm³/mol. The second-order valence-corrected chi connectivity index (χ2v) is 7.23. The van der Waals surface area contributed by atoms with Gasteiger partial charge in [-0.1, -0.05) is 6.92 Å². The lowest BCUT2D eigenvalue weighted by Gasteiger charge is -2.24. The minimum Gasteiger partial charge on any atom is -0.348 e. The maximum atomic E-state index is 11.6. The van der Waals surface area contributed by atoms with Gasteiger partial charge >= 0.3 is 0 Å². The molecule has 0 aromatic carbocycles. The lowest BCUT2D eigenvalue weighted by Crippen LogP contribution is -2.42. The normalized spacial score (nSPS) is 12.5. The lowest BCUT2D eigenvalue weighted by molar-refractivity contribution is -0.125. The Morgan fingerprint density at radius 2 is 1.82 bits per heavy atom. The van der Waals surface area contributed by atoms with Crippen LogP contribution in [-0.4, -0.2) is 56.9 Å². The molecule has 1 amide bonds. The van der Waals surface area contributed by atoms with E-state index in [1.807, 2.05) is 20.8 Å². The van der Waals surface area contributed by atoms with Crippen LogP contribution in [0, 0.1) is 0 Å². The van der Waals surface area contributed by atoms with Crippen molar-refractivity contribution >= 4 is 15.7 Å². The van der Waals surface area contributed by atoms with E-state index in [0.717, 1.165) is 6.42 Å². The lowest BCUT2D eigenvalue weighted by atomic mass is 10.0. The van der Waals surface area contributed by atoms with Gasteiger partial charge in [0.2, 0.25) is 5.91 Å². The predicted octanol–water partition coefficient (Wildman–Crippen LogP) is 0.268. The van der Waals surface area contributed by atoms with Crippen LogP contribution >= 0.6 is 0 Å². The standard InChI is InChI=1S/C11H24N2O3S/c1-6-11(2,3)12-7-8-17(15,16)9-10(14)13(4)5/h12H,6-9H2,1-5H3. The maximum absolute atomic E-state index is 11.6. The van der Waals surface area contributed by atoms with Crippen LogP contribution in [0.4, 0.5) is 0 Å². The number of nitrogens with one attached hydrogen (secondary N) is 1. The highest BCUT2D eigenvalue weighted by Gasteiger charge is 2.19. The largest absolute Gasteiger partial charge is 0.348 e. The third-order valence-corrected chi connectivity index (χ3v) is 4.26. The van der Waals surface area contributed by atoms with Gasteiger partial charge in [0.15, 0.2) is 9.84 Å². The molecule has 0 aliphatic carbocycles. The van der Waals surface area contributed by atoms with Crippen molar-refractivity contribution in [2.24, 2.45) is 0 Å². The molecular weight excluding hydrogens is 240 g/mol. The minimum absolute atomic E-state index is 0.00396. The van der Waals surface area contributed by atoms with Crippen LogP contribution < -0.4 is 5.32 Å². The molecule has 0 atom stereocenters. The molecule has 0 aromatic rings. The van der Waals surface area contributed by atoms with E-state index in [1.54, 1.807) is 14.1 Å². The van der Waals surface area contributed by atoms with E-state index in [1.165, 1.54) is 4.90 Å². The second-order valence-electron chi connectivity index (χ2n) is 5.04. The molecule has 0 heterocycles. The molecule has 0 bridgehead atoms. The van der Waals surface area contributed by atoms with Crippen molar-refractivity contribution in [3.8, 4) is 0 Å². The topological polar surface area (TPSA) is 66.5 Å². The van der Waals surface area contributed by atoms with Gasteiger partial charge in [-0.25, -0.2) is 8.42 Å². The highest BCUT2D eigenvalue weighted by molar-refractivity contribution is 7.92. The third-order valence-electron chi connectivity index (χ3n) is 2.74. The van der Waals surface area contributed by atoms with Crippen LogP contribution in [0.25, 0.3) is 0 Å². The molecule has 0 saturated carbocycles. The SMILES string of the molecule is CCC(C)(C)NCCS(=O)(=O)CC(=O)N(C)C. The first kappa shape index (κ1) is 16.4. The number of carbonyl (C=O) groups is 1. The van der Waals surface area contributed by atoms with Gasteiger partial charge in [0.1, 0.15) is 5.75 Å². The fraction of sp³-hybridized carbons (Fsp3) is 0.909. The summed E-state index contributed by atoms with van der Waals surface area (Å²) in [6, 6.07) is 0. The first-order chi connectivity index (χ1) is 7.59. The van der Waals surface area contributed by atoms with E-state index in [4.69, 9.17) is 0 Å². The Morgan fingerprint density at radius 1 is 1.29 bits per heavy atom. The van der Waals surface area contributed by atoms with Crippen LogP contribution in [0.1, 0.15) is 27.2 Å². The summed E-state index contributed by atoms with van der Waals surface area (Å²) in [4.78, 5) is 12.6. The highest BCUT2D eigenvalue weighted by Crippen LogP contribution is 2.06. The molecule has 0 unspecified atom stereocenters. The average molecular weight is 264 g/mol. The average Bonchev–Trinajstić information content (AvgIpc) is 2.16. The number of hydrogen-bond donors (Lipinski definition) is 1. The Kier molecular flexibility index (Phi) is 6.12. The number of rotatable bonds is 7. The Labute approximate surface area is 104 Å². The maximum Gasteiger partial charge on any atom is 0.237 e. The van der Waals surface area contributed by atoms with Gasteiger partial charge < -0.3 is 10.2 Å². The molecule has 0 spiro atoms. The number of amides is 1. The molecule has 0 aromatic heterocycles.